The first kappa shape index (κ1) is 18.6. The number of rotatable bonds is 5. The van der Waals surface area contributed by atoms with E-state index in [9.17, 15) is 19.3 Å². The molecule has 0 aliphatic rings. The second kappa shape index (κ2) is 8.01. The maximum absolute atomic E-state index is 14.0. The average Bonchev–Trinajstić information content (AvgIpc) is 2.69. The lowest BCUT2D eigenvalue weighted by atomic mass is 10.1. The molecule has 0 bridgehead atoms. The molecular weight excluding hydrogens is 367 g/mol. The van der Waals surface area contributed by atoms with Crippen molar-refractivity contribution >= 4 is 29.0 Å². The first-order chi connectivity index (χ1) is 13.0. The number of nitro groups is 1. The molecular formula is C20H15FN2O3S. The Bertz CT molecular complexity index is 996. The minimum absolute atomic E-state index is 0.142. The van der Waals surface area contributed by atoms with E-state index >= 15 is 0 Å². The van der Waals surface area contributed by atoms with Crippen molar-refractivity contribution in [3.63, 3.8) is 0 Å². The Balaban J connectivity index is 2.03. The summed E-state index contributed by atoms with van der Waals surface area (Å²) in [5.41, 5.74) is 0.595. The molecule has 0 aliphatic carbocycles. The van der Waals surface area contributed by atoms with E-state index in [1.54, 1.807) is 49.5 Å². The van der Waals surface area contributed by atoms with Crippen LogP contribution >= 0.6 is 11.8 Å². The highest BCUT2D eigenvalue weighted by Crippen LogP contribution is 2.35. The first-order valence-corrected chi connectivity index (χ1v) is 8.83. The number of hydrogen-bond acceptors (Lipinski definition) is 4. The topological polar surface area (TPSA) is 63.5 Å². The van der Waals surface area contributed by atoms with Gasteiger partial charge in [-0.05, 0) is 30.3 Å². The standard InChI is InChI=1S/C20H15FN2O3S/c1-22(14-7-3-2-4-8-14)20(24)16-13-15(23(25)26)11-12-18(16)27-19-10-6-5-9-17(19)21/h2-13H,1H3. The molecule has 0 atom stereocenters. The Morgan fingerprint density at radius 1 is 1.00 bits per heavy atom. The Hall–Kier alpha value is -3.19. The van der Waals surface area contributed by atoms with Crippen LogP contribution in [0, 0.1) is 15.9 Å². The third kappa shape index (κ3) is 4.15. The Labute approximate surface area is 159 Å². The summed E-state index contributed by atoms with van der Waals surface area (Å²) in [5, 5.41) is 11.2. The van der Waals surface area contributed by atoms with Gasteiger partial charge in [0.2, 0.25) is 0 Å². The summed E-state index contributed by atoms with van der Waals surface area (Å²) in [6.45, 7) is 0. The summed E-state index contributed by atoms with van der Waals surface area (Å²) < 4.78 is 14.0. The molecule has 1 amide bonds. The van der Waals surface area contributed by atoms with Crippen molar-refractivity contribution in [3.05, 3.63) is 94.3 Å². The third-order valence-corrected chi connectivity index (χ3v) is 5.04. The van der Waals surface area contributed by atoms with Crippen molar-refractivity contribution in [2.24, 2.45) is 0 Å². The maximum atomic E-state index is 14.0. The Kier molecular flexibility index (Phi) is 5.52. The smallest absolute Gasteiger partial charge is 0.270 e. The van der Waals surface area contributed by atoms with Crippen LogP contribution in [0.4, 0.5) is 15.8 Å². The van der Waals surface area contributed by atoms with Gasteiger partial charge in [0.1, 0.15) is 5.82 Å². The molecule has 27 heavy (non-hydrogen) atoms. The summed E-state index contributed by atoms with van der Waals surface area (Å²) in [4.78, 5) is 25.8. The van der Waals surface area contributed by atoms with E-state index in [1.807, 2.05) is 6.07 Å². The molecule has 0 saturated heterocycles. The van der Waals surface area contributed by atoms with Crippen molar-refractivity contribution in [1.29, 1.82) is 0 Å². The van der Waals surface area contributed by atoms with Gasteiger partial charge in [0.25, 0.3) is 11.6 Å². The molecule has 136 valence electrons. The normalized spacial score (nSPS) is 10.4. The number of carbonyl (C=O) groups is 1. The number of para-hydroxylation sites is 1. The number of nitrogens with zero attached hydrogens (tertiary/aromatic N) is 2. The molecule has 3 aromatic carbocycles. The number of anilines is 1. The largest absolute Gasteiger partial charge is 0.311 e. The lowest BCUT2D eigenvalue weighted by molar-refractivity contribution is -0.384. The van der Waals surface area contributed by atoms with E-state index < -0.39 is 16.6 Å². The lowest BCUT2D eigenvalue weighted by Crippen LogP contribution is -2.26. The van der Waals surface area contributed by atoms with Gasteiger partial charge in [0, 0.05) is 34.7 Å². The van der Waals surface area contributed by atoms with Gasteiger partial charge in [-0.25, -0.2) is 4.39 Å². The van der Waals surface area contributed by atoms with Crippen LogP contribution in [0.25, 0.3) is 0 Å². The predicted molar refractivity (Wildman–Crippen MR) is 103 cm³/mol. The number of amides is 1. The highest BCUT2D eigenvalue weighted by molar-refractivity contribution is 7.99. The molecule has 0 unspecified atom stereocenters. The quantitative estimate of drug-likeness (QED) is 0.452. The second-order valence-electron chi connectivity index (χ2n) is 5.67. The predicted octanol–water partition coefficient (Wildman–Crippen LogP) is 5.16. The fourth-order valence-corrected chi connectivity index (χ4v) is 3.42. The minimum atomic E-state index is -0.559. The molecule has 0 radical (unpaired) electrons. The van der Waals surface area contributed by atoms with Crippen LogP contribution in [0.15, 0.2) is 82.6 Å². The number of hydrogen-bond donors (Lipinski definition) is 0. The first-order valence-electron chi connectivity index (χ1n) is 8.01. The van der Waals surface area contributed by atoms with Crippen LogP contribution in [-0.4, -0.2) is 17.9 Å². The van der Waals surface area contributed by atoms with E-state index in [2.05, 4.69) is 0 Å². The van der Waals surface area contributed by atoms with Gasteiger partial charge in [-0.2, -0.15) is 0 Å². The van der Waals surface area contributed by atoms with Crippen molar-refractivity contribution in [3.8, 4) is 0 Å². The molecule has 0 saturated carbocycles. The van der Waals surface area contributed by atoms with Gasteiger partial charge in [-0.15, -0.1) is 0 Å². The monoisotopic (exact) mass is 382 g/mol. The third-order valence-electron chi connectivity index (χ3n) is 3.91. The SMILES string of the molecule is CN(C(=O)c1cc([N+](=O)[O-])ccc1Sc1ccccc1F)c1ccccc1. The molecule has 7 heteroatoms. The molecule has 3 aromatic rings. The Morgan fingerprint density at radius 3 is 2.33 bits per heavy atom. The average molecular weight is 382 g/mol. The highest BCUT2D eigenvalue weighted by atomic mass is 32.2. The van der Waals surface area contributed by atoms with E-state index in [1.165, 1.54) is 29.2 Å². The van der Waals surface area contributed by atoms with Crippen LogP contribution in [0.2, 0.25) is 0 Å². The molecule has 5 nitrogen and oxygen atoms in total. The minimum Gasteiger partial charge on any atom is -0.311 e. The second-order valence-corrected chi connectivity index (χ2v) is 6.75. The van der Waals surface area contributed by atoms with Crippen molar-refractivity contribution in [1.82, 2.24) is 0 Å². The number of carbonyl (C=O) groups excluding carboxylic acids is 1. The molecule has 0 heterocycles. The summed E-state index contributed by atoms with van der Waals surface area (Å²) in [7, 11) is 1.59. The van der Waals surface area contributed by atoms with E-state index in [-0.39, 0.29) is 11.3 Å². The highest BCUT2D eigenvalue weighted by Gasteiger charge is 2.22. The zero-order valence-electron chi connectivity index (χ0n) is 14.3. The number of nitro benzene ring substituents is 1. The van der Waals surface area contributed by atoms with Gasteiger partial charge < -0.3 is 4.90 Å². The zero-order chi connectivity index (χ0) is 19.4. The summed E-state index contributed by atoms with van der Waals surface area (Å²) in [5.74, 6) is -0.834. The molecule has 0 N–H and O–H groups in total. The summed E-state index contributed by atoms with van der Waals surface area (Å²) in [6.07, 6.45) is 0. The van der Waals surface area contributed by atoms with Crippen LogP contribution in [-0.2, 0) is 0 Å². The summed E-state index contributed by atoms with van der Waals surface area (Å²) >= 11 is 1.06. The van der Waals surface area contributed by atoms with Crippen LogP contribution in [0.3, 0.4) is 0 Å². The van der Waals surface area contributed by atoms with Gasteiger partial charge in [-0.3, -0.25) is 14.9 Å². The fraction of sp³-hybridized carbons (Fsp3) is 0.0500. The number of halogens is 1. The maximum Gasteiger partial charge on any atom is 0.270 e. The molecule has 0 aromatic heterocycles. The number of non-ortho nitro benzene ring substituents is 1. The Morgan fingerprint density at radius 2 is 1.67 bits per heavy atom. The van der Waals surface area contributed by atoms with E-state index in [4.69, 9.17) is 0 Å². The molecule has 0 spiro atoms. The zero-order valence-corrected chi connectivity index (χ0v) is 15.2. The van der Waals surface area contributed by atoms with Gasteiger partial charge in [0.05, 0.1) is 10.5 Å². The van der Waals surface area contributed by atoms with Crippen LogP contribution < -0.4 is 4.90 Å². The van der Waals surface area contributed by atoms with Gasteiger partial charge in [0.15, 0.2) is 0 Å². The fourth-order valence-electron chi connectivity index (χ4n) is 2.48. The molecule has 0 fully saturated rings. The lowest BCUT2D eigenvalue weighted by Gasteiger charge is -2.19. The van der Waals surface area contributed by atoms with E-state index in [0.717, 1.165) is 11.8 Å². The van der Waals surface area contributed by atoms with E-state index in [0.29, 0.717) is 15.5 Å². The van der Waals surface area contributed by atoms with Crippen molar-refractivity contribution in [2.75, 3.05) is 11.9 Å². The molecule has 0 aliphatic heterocycles. The van der Waals surface area contributed by atoms with Gasteiger partial charge >= 0.3 is 0 Å². The van der Waals surface area contributed by atoms with Gasteiger partial charge in [-0.1, -0.05) is 42.1 Å². The van der Waals surface area contributed by atoms with Crippen molar-refractivity contribution in [2.45, 2.75) is 9.79 Å². The van der Waals surface area contributed by atoms with Crippen LogP contribution in [0.1, 0.15) is 10.4 Å². The number of benzene rings is 3. The van der Waals surface area contributed by atoms with Crippen LogP contribution in [0.5, 0.6) is 0 Å². The molecule has 3 rings (SSSR count). The summed E-state index contributed by atoms with van der Waals surface area (Å²) in [6, 6.07) is 19.1. The van der Waals surface area contributed by atoms with Crippen molar-refractivity contribution < 1.29 is 14.1 Å².